The number of fused-ring (bicyclic) bond motifs is 1. The van der Waals surface area contributed by atoms with Gasteiger partial charge in [-0.15, -0.1) is 13.2 Å². The number of ketones is 1. The molecule has 0 aliphatic carbocycles. The van der Waals surface area contributed by atoms with Gasteiger partial charge in [-0.2, -0.15) is 0 Å². The minimum absolute atomic E-state index is 0.272. The lowest BCUT2D eigenvalue weighted by Crippen LogP contribution is -2.14. The lowest BCUT2D eigenvalue weighted by atomic mass is 10.3. The van der Waals surface area contributed by atoms with Crippen molar-refractivity contribution in [1.82, 2.24) is 9.55 Å². The van der Waals surface area contributed by atoms with Crippen molar-refractivity contribution in [2.45, 2.75) is 13.3 Å². The summed E-state index contributed by atoms with van der Waals surface area (Å²) in [7, 11) is 1.76. The molecule has 0 unspecified atom stereocenters. The highest BCUT2D eigenvalue weighted by Crippen LogP contribution is 2.15. The molecule has 5 heteroatoms. The van der Waals surface area contributed by atoms with Crippen LogP contribution >= 0.6 is 0 Å². The second kappa shape index (κ2) is 7.23. The van der Waals surface area contributed by atoms with E-state index in [0.29, 0.717) is 0 Å². The molecule has 0 radical (unpaired) electrons. The first-order chi connectivity index (χ1) is 9.63. The number of hydrogen-bond donors (Lipinski definition) is 0. The number of para-hydroxylation sites is 2. The van der Waals surface area contributed by atoms with Gasteiger partial charge in [0.25, 0.3) is 0 Å². The predicted octanol–water partition coefficient (Wildman–Crippen LogP) is 2.51. The molecule has 5 nitrogen and oxygen atoms in total. The molecule has 1 aromatic carbocycles. The van der Waals surface area contributed by atoms with Crippen molar-refractivity contribution < 1.29 is 14.3 Å². The Morgan fingerprint density at radius 2 is 1.95 bits per heavy atom. The summed E-state index contributed by atoms with van der Waals surface area (Å²) >= 11 is 0. The maximum atomic E-state index is 11.9. The van der Waals surface area contributed by atoms with Crippen LogP contribution < -0.4 is 0 Å². The van der Waals surface area contributed by atoms with Gasteiger partial charge in [0.2, 0.25) is 5.78 Å². The maximum absolute atomic E-state index is 11.9. The molecular weight excluding hydrogens is 256 g/mol. The second-order valence-electron chi connectivity index (χ2n) is 3.89. The van der Waals surface area contributed by atoms with Crippen LogP contribution in [0.25, 0.3) is 11.0 Å². The van der Waals surface area contributed by atoms with Gasteiger partial charge in [-0.25, -0.2) is 4.98 Å². The Balaban J connectivity index is 0.000000956. The van der Waals surface area contributed by atoms with E-state index in [2.05, 4.69) is 18.1 Å². The Hall–Kier alpha value is -2.43. The van der Waals surface area contributed by atoms with Gasteiger partial charge in [-0.1, -0.05) is 12.1 Å². The standard InChI is InChI=1S/C13H14N2O3.C2H4/c1-3-18-12(17)8-11(16)13-14-9-6-4-5-7-10(9)15(13)2;1-2/h4-7H,3,8H2,1-2H3;1-2H2. The molecule has 2 rings (SSSR count). The quantitative estimate of drug-likeness (QED) is 0.372. The highest BCUT2D eigenvalue weighted by molar-refractivity contribution is 6.05. The summed E-state index contributed by atoms with van der Waals surface area (Å²) in [5.74, 6) is -0.564. The zero-order valence-corrected chi connectivity index (χ0v) is 11.8. The van der Waals surface area contributed by atoms with E-state index in [-0.39, 0.29) is 24.6 Å². The third kappa shape index (κ3) is 3.32. The molecule has 0 saturated carbocycles. The summed E-state index contributed by atoms with van der Waals surface area (Å²) in [5, 5.41) is 0. The van der Waals surface area contributed by atoms with Gasteiger partial charge in [0.05, 0.1) is 17.6 Å². The first-order valence-corrected chi connectivity index (χ1v) is 6.23. The summed E-state index contributed by atoms with van der Waals surface area (Å²) < 4.78 is 6.44. The Morgan fingerprint density at radius 3 is 2.55 bits per heavy atom. The van der Waals surface area contributed by atoms with Crippen molar-refractivity contribution in [3.63, 3.8) is 0 Å². The van der Waals surface area contributed by atoms with Gasteiger partial charge in [0.15, 0.2) is 5.82 Å². The fourth-order valence-corrected chi connectivity index (χ4v) is 1.82. The lowest BCUT2D eigenvalue weighted by molar-refractivity contribution is -0.141. The SMILES string of the molecule is C=C.CCOC(=O)CC(=O)c1nc2ccccc2n1C. The second-order valence-corrected chi connectivity index (χ2v) is 3.89. The van der Waals surface area contributed by atoms with E-state index in [1.54, 1.807) is 18.5 Å². The summed E-state index contributed by atoms with van der Waals surface area (Å²) in [6, 6.07) is 7.44. The van der Waals surface area contributed by atoms with E-state index in [9.17, 15) is 9.59 Å². The predicted molar refractivity (Wildman–Crippen MR) is 77.5 cm³/mol. The van der Waals surface area contributed by atoms with E-state index >= 15 is 0 Å². The average molecular weight is 274 g/mol. The molecule has 0 fully saturated rings. The number of rotatable bonds is 4. The number of hydrogen-bond acceptors (Lipinski definition) is 4. The first-order valence-electron chi connectivity index (χ1n) is 6.23. The number of ether oxygens (including phenoxy) is 1. The van der Waals surface area contributed by atoms with Gasteiger partial charge in [0, 0.05) is 7.05 Å². The molecule has 0 atom stereocenters. The van der Waals surface area contributed by atoms with Crippen molar-refractivity contribution in [3.8, 4) is 0 Å². The topological polar surface area (TPSA) is 61.2 Å². The van der Waals surface area contributed by atoms with Crippen molar-refractivity contribution in [2.75, 3.05) is 6.61 Å². The monoisotopic (exact) mass is 274 g/mol. The van der Waals surface area contributed by atoms with Gasteiger partial charge in [0.1, 0.15) is 6.42 Å². The summed E-state index contributed by atoms with van der Waals surface area (Å²) in [4.78, 5) is 27.4. The number of benzene rings is 1. The van der Waals surface area contributed by atoms with Crippen LogP contribution in [0.5, 0.6) is 0 Å². The van der Waals surface area contributed by atoms with Crippen LogP contribution in [0.1, 0.15) is 24.0 Å². The molecule has 0 aliphatic rings. The van der Waals surface area contributed by atoms with Crippen molar-refractivity contribution >= 4 is 22.8 Å². The fourth-order valence-electron chi connectivity index (χ4n) is 1.82. The zero-order valence-electron chi connectivity index (χ0n) is 11.8. The van der Waals surface area contributed by atoms with Crippen LogP contribution in [0.3, 0.4) is 0 Å². The van der Waals surface area contributed by atoms with Crippen LogP contribution in [0.15, 0.2) is 37.4 Å². The number of carbonyl (C=O) groups excluding carboxylic acids is 2. The number of esters is 1. The molecule has 20 heavy (non-hydrogen) atoms. The van der Waals surface area contributed by atoms with Crippen molar-refractivity contribution in [1.29, 1.82) is 0 Å². The molecule has 1 aromatic heterocycles. The lowest BCUT2D eigenvalue weighted by Gasteiger charge is -2.02. The number of Topliss-reactive ketones (excluding diaryl/α,β-unsaturated/α-hetero) is 1. The van der Waals surface area contributed by atoms with E-state index < -0.39 is 5.97 Å². The molecule has 0 saturated heterocycles. The van der Waals surface area contributed by atoms with Gasteiger partial charge < -0.3 is 9.30 Å². The van der Waals surface area contributed by atoms with Crippen molar-refractivity contribution in [2.24, 2.45) is 7.05 Å². The smallest absolute Gasteiger partial charge is 0.313 e. The number of imidazole rings is 1. The molecule has 2 aromatic rings. The minimum Gasteiger partial charge on any atom is -0.466 e. The molecule has 0 aliphatic heterocycles. The van der Waals surface area contributed by atoms with Gasteiger partial charge in [-0.3, -0.25) is 9.59 Å². The molecule has 0 spiro atoms. The van der Waals surface area contributed by atoms with Crippen LogP contribution in [0.4, 0.5) is 0 Å². The molecule has 106 valence electrons. The van der Waals surface area contributed by atoms with Gasteiger partial charge in [-0.05, 0) is 19.1 Å². The summed E-state index contributed by atoms with van der Waals surface area (Å²) in [6.07, 6.45) is -0.273. The molecule has 1 heterocycles. The number of carbonyl (C=O) groups is 2. The van der Waals surface area contributed by atoms with Gasteiger partial charge >= 0.3 is 5.97 Å². The minimum atomic E-state index is -0.519. The van der Waals surface area contributed by atoms with Crippen LogP contribution in [-0.2, 0) is 16.6 Å². The Labute approximate surface area is 117 Å². The number of aromatic nitrogens is 2. The Bertz CT molecular complexity index is 617. The molecule has 0 bridgehead atoms. The summed E-state index contributed by atoms with van der Waals surface area (Å²) in [5.41, 5.74) is 1.61. The van der Waals surface area contributed by atoms with E-state index in [1.165, 1.54) is 0 Å². The third-order valence-electron chi connectivity index (χ3n) is 2.65. The Kier molecular flexibility index (Phi) is 5.65. The number of aryl methyl sites for hydroxylation is 1. The van der Waals surface area contributed by atoms with E-state index in [4.69, 9.17) is 4.74 Å². The normalized spacial score (nSPS) is 9.70. The highest BCUT2D eigenvalue weighted by Gasteiger charge is 2.18. The molecule has 0 amide bonds. The zero-order chi connectivity index (χ0) is 15.1. The maximum Gasteiger partial charge on any atom is 0.313 e. The molecular formula is C15H18N2O3. The summed E-state index contributed by atoms with van der Waals surface area (Å²) in [6.45, 7) is 7.98. The Morgan fingerprint density at radius 1 is 1.30 bits per heavy atom. The van der Waals surface area contributed by atoms with E-state index in [1.807, 2.05) is 24.3 Å². The van der Waals surface area contributed by atoms with Crippen LogP contribution in [-0.4, -0.2) is 27.9 Å². The van der Waals surface area contributed by atoms with Crippen molar-refractivity contribution in [3.05, 3.63) is 43.2 Å². The largest absolute Gasteiger partial charge is 0.466 e. The first kappa shape index (κ1) is 15.6. The van der Waals surface area contributed by atoms with Crippen LogP contribution in [0, 0.1) is 0 Å². The van der Waals surface area contributed by atoms with Crippen LogP contribution in [0.2, 0.25) is 0 Å². The number of nitrogens with zero attached hydrogens (tertiary/aromatic N) is 2. The van der Waals surface area contributed by atoms with E-state index in [0.717, 1.165) is 11.0 Å². The highest BCUT2D eigenvalue weighted by atomic mass is 16.5. The average Bonchev–Trinajstić information content (AvgIpc) is 2.79. The molecule has 0 N–H and O–H groups in total. The fraction of sp³-hybridized carbons (Fsp3) is 0.267. The third-order valence-corrected chi connectivity index (χ3v) is 2.65.